The normalized spacial score (nSPS) is 25.2. The van der Waals surface area contributed by atoms with Gasteiger partial charge in [0.05, 0.1) is 6.04 Å². The lowest BCUT2D eigenvalue weighted by molar-refractivity contribution is -0.121. The van der Waals surface area contributed by atoms with Crippen molar-refractivity contribution in [3.05, 3.63) is 0 Å². The summed E-state index contributed by atoms with van der Waals surface area (Å²) in [6, 6.07) is 0.0925. The van der Waals surface area contributed by atoms with E-state index in [0.29, 0.717) is 18.1 Å². The molecule has 1 rings (SSSR count). The van der Waals surface area contributed by atoms with E-state index in [9.17, 15) is 4.79 Å². The Hall–Kier alpha value is -0.410. The van der Waals surface area contributed by atoms with Gasteiger partial charge in [0, 0.05) is 14.4 Å². The number of carbonyl (C=O) groups excluding carboxylic acids is 1. The predicted molar refractivity (Wildman–Crippen MR) is 60.5 cm³/mol. The molecule has 1 fully saturated rings. The molecule has 0 aliphatic carbocycles. The Kier molecular flexibility index (Phi) is 4.55. The van der Waals surface area contributed by atoms with Crippen molar-refractivity contribution >= 4 is 5.78 Å². The molecule has 3 heteroatoms. The summed E-state index contributed by atoms with van der Waals surface area (Å²) in [6.07, 6.45) is 1.80. The number of likely N-dealkylation sites (tertiary alicyclic amines) is 1. The van der Waals surface area contributed by atoms with E-state index in [2.05, 4.69) is 24.2 Å². The summed E-state index contributed by atoms with van der Waals surface area (Å²) >= 11 is 0. The highest BCUT2D eigenvalue weighted by Gasteiger charge is 2.30. The molecule has 1 saturated heterocycles. The molecular weight excluding hydrogens is 176 g/mol. The zero-order valence-corrected chi connectivity index (χ0v) is 9.55. The number of hydrogen-bond acceptors (Lipinski definition) is 3. The van der Waals surface area contributed by atoms with Crippen molar-refractivity contribution in [1.82, 2.24) is 10.2 Å². The fourth-order valence-electron chi connectivity index (χ4n) is 2.22. The Morgan fingerprint density at radius 3 is 2.79 bits per heavy atom. The maximum Gasteiger partial charge on any atom is 0.149 e. The summed E-state index contributed by atoms with van der Waals surface area (Å²) in [4.78, 5) is 14.0. The molecule has 14 heavy (non-hydrogen) atoms. The lowest BCUT2D eigenvalue weighted by atomic mass is 9.94. The number of carbonyl (C=O) groups is 1. The van der Waals surface area contributed by atoms with Crippen molar-refractivity contribution in [3.8, 4) is 0 Å². The average Bonchev–Trinajstić information content (AvgIpc) is 2.60. The molecule has 3 nitrogen and oxygen atoms in total. The fourth-order valence-corrected chi connectivity index (χ4v) is 2.22. The molecule has 0 spiro atoms. The van der Waals surface area contributed by atoms with Crippen molar-refractivity contribution in [2.45, 2.75) is 32.7 Å². The van der Waals surface area contributed by atoms with Crippen LogP contribution in [0.4, 0.5) is 0 Å². The third kappa shape index (κ3) is 2.79. The van der Waals surface area contributed by atoms with E-state index in [1.165, 1.54) is 0 Å². The minimum Gasteiger partial charge on any atom is -0.307 e. The first kappa shape index (κ1) is 11.7. The van der Waals surface area contributed by atoms with E-state index in [1.807, 2.05) is 6.92 Å². The molecule has 0 bridgehead atoms. The van der Waals surface area contributed by atoms with Gasteiger partial charge in [-0.05, 0) is 32.5 Å². The van der Waals surface area contributed by atoms with Crippen LogP contribution in [0.25, 0.3) is 0 Å². The second-order valence-corrected chi connectivity index (χ2v) is 4.17. The summed E-state index contributed by atoms with van der Waals surface area (Å²) in [7, 11) is 2.12. The van der Waals surface area contributed by atoms with Crippen LogP contribution in [0.2, 0.25) is 0 Å². The molecule has 0 amide bonds. The van der Waals surface area contributed by atoms with Gasteiger partial charge in [-0.15, -0.1) is 0 Å². The van der Waals surface area contributed by atoms with Gasteiger partial charge in [-0.3, -0.25) is 4.79 Å². The Labute approximate surface area is 88.3 Å². The van der Waals surface area contributed by atoms with Gasteiger partial charge >= 0.3 is 0 Å². The van der Waals surface area contributed by atoms with E-state index < -0.39 is 0 Å². The highest BCUT2D eigenvalue weighted by Crippen LogP contribution is 2.19. The first-order valence-corrected chi connectivity index (χ1v) is 5.63. The Balaban J connectivity index is 0.00000196. The summed E-state index contributed by atoms with van der Waals surface area (Å²) in [5.41, 5.74) is 0. The first-order valence-electron chi connectivity index (χ1n) is 5.63. The van der Waals surface area contributed by atoms with Crippen LogP contribution in [-0.2, 0) is 4.79 Å². The van der Waals surface area contributed by atoms with Gasteiger partial charge < -0.3 is 10.2 Å². The smallest absolute Gasteiger partial charge is 0.149 e. The van der Waals surface area contributed by atoms with Crippen molar-refractivity contribution < 1.29 is 6.22 Å². The van der Waals surface area contributed by atoms with Gasteiger partial charge in [-0.1, -0.05) is 13.8 Å². The lowest BCUT2D eigenvalue weighted by Crippen LogP contribution is -2.43. The summed E-state index contributed by atoms with van der Waals surface area (Å²) in [5.74, 6) is 0.888. The molecular formula is C11H24N2O. The first-order chi connectivity index (χ1) is 6.69. The molecule has 1 N–H and O–H groups in total. The molecule has 1 aliphatic rings. The topological polar surface area (TPSA) is 32.3 Å². The number of nitrogens with one attached hydrogen (secondary N) is 1. The van der Waals surface area contributed by atoms with Crippen LogP contribution in [0.5, 0.6) is 0 Å². The van der Waals surface area contributed by atoms with Crippen LogP contribution in [0.1, 0.15) is 28.1 Å². The quantitative estimate of drug-likeness (QED) is 0.722. The number of likely N-dealkylation sites (N-methyl/N-ethyl adjacent to an activating group) is 1. The van der Waals surface area contributed by atoms with E-state index in [1.54, 1.807) is 0 Å². The Morgan fingerprint density at radius 1 is 1.64 bits per heavy atom. The highest BCUT2D eigenvalue weighted by molar-refractivity contribution is 5.84. The molecule has 0 aromatic heterocycles. The van der Waals surface area contributed by atoms with Crippen LogP contribution in [0.3, 0.4) is 0 Å². The van der Waals surface area contributed by atoms with Crippen molar-refractivity contribution in [1.29, 1.82) is 0 Å². The van der Waals surface area contributed by atoms with Crippen molar-refractivity contribution in [3.63, 3.8) is 0 Å². The monoisotopic (exact) mass is 200 g/mol. The van der Waals surface area contributed by atoms with Gasteiger partial charge in [-0.2, -0.15) is 0 Å². The third-order valence-electron chi connectivity index (χ3n) is 3.02. The summed E-state index contributed by atoms with van der Waals surface area (Å²) in [5, 5.41) is 3.32. The number of hydrogen-bond donors (Lipinski definition) is 1. The molecule has 0 aromatic carbocycles. The van der Waals surface area contributed by atoms with Crippen LogP contribution in [0.15, 0.2) is 0 Å². The van der Waals surface area contributed by atoms with Gasteiger partial charge in [0.2, 0.25) is 0 Å². The lowest BCUT2D eigenvalue weighted by Gasteiger charge is -2.22. The zero-order valence-electron chi connectivity index (χ0n) is 9.55. The maximum absolute atomic E-state index is 11.7. The molecule has 84 valence electrons. The largest absolute Gasteiger partial charge is 0.307 e. The molecule has 2 atom stereocenters. The fraction of sp³-hybridized carbons (Fsp3) is 0.909. The van der Waals surface area contributed by atoms with E-state index >= 15 is 0 Å². The summed E-state index contributed by atoms with van der Waals surface area (Å²) < 4.78 is 0. The molecule has 0 aromatic rings. The van der Waals surface area contributed by atoms with Gasteiger partial charge in [0.25, 0.3) is 0 Å². The molecule has 1 aliphatic heterocycles. The van der Waals surface area contributed by atoms with E-state index in [4.69, 9.17) is 0 Å². The van der Waals surface area contributed by atoms with Crippen LogP contribution in [-0.4, -0.2) is 43.4 Å². The molecule has 0 radical (unpaired) electrons. The van der Waals surface area contributed by atoms with Crippen molar-refractivity contribution in [2.24, 2.45) is 5.92 Å². The number of rotatable bonds is 5. The zero-order chi connectivity index (χ0) is 10.6. The summed E-state index contributed by atoms with van der Waals surface area (Å²) in [6.45, 7) is 7.09. The molecule has 0 saturated carbocycles. The number of nitrogens with zero attached hydrogens (tertiary/aromatic N) is 1. The second-order valence-electron chi connectivity index (χ2n) is 4.17. The van der Waals surface area contributed by atoms with Crippen molar-refractivity contribution in [2.75, 3.05) is 26.7 Å². The number of Topliss-reactive ketones (excluding diaryl/α,β-unsaturated/α-hetero) is 1. The van der Waals surface area contributed by atoms with Crippen LogP contribution in [0, 0.1) is 5.92 Å². The average molecular weight is 200 g/mol. The van der Waals surface area contributed by atoms with Crippen LogP contribution >= 0.6 is 0 Å². The van der Waals surface area contributed by atoms with Crippen LogP contribution < -0.4 is 5.32 Å². The number of ketones is 1. The standard InChI is InChI=1S/C11H22N2O.H2/c1-4-10(14)11(12-5-2)9-6-7-13(3)8-9;/h9,11-12H,4-8H2,1-3H3;1H. The van der Waals surface area contributed by atoms with E-state index in [0.717, 1.165) is 26.1 Å². The van der Waals surface area contributed by atoms with Gasteiger partial charge in [-0.25, -0.2) is 0 Å². The van der Waals surface area contributed by atoms with Gasteiger partial charge in [0.15, 0.2) is 0 Å². The highest BCUT2D eigenvalue weighted by atomic mass is 16.1. The van der Waals surface area contributed by atoms with E-state index in [-0.39, 0.29) is 7.47 Å². The molecule has 2 unspecified atom stereocenters. The SMILES string of the molecule is CCNC(C(=O)CC)C1CCN(C)C1.[HH]. The Bertz CT molecular complexity index is 199. The molecule has 1 heterocycles. The minimum absolute atomic E-state index is 0. The minimum atomic E-state index is 0. The maximum atomic E-state index is 11.7. The van der Waals surface area contributed by atoms with Gasteiger partial charge in [0.1, 0.15) is 5.78 Å². The predicted octanol–water partition coefficient (Wildman–Crippen LogP) is 1.14. The third-order valence-corrected chi connectivity index (χ3v) is 3.02. The Morgan fingerprint density at radius 2 is 2.36 bits per heavy atom. The second kappa shape index (κ2) is 5.47.